The quantitative estimate of drug-likeness (QED) is 0.0194. The molecule has 0 rings (SSSR count). The van der Waals surface area contributed by atoms with Gasteiger partial charge in [-0.3, -0.25) is 72.3 Å². The van der Waals surface area contributed by atoms with Crippen LogP contribution in [0.15, 0.2) is 9.98 Å². The van der Waals surface area contributed by atoms with Crippen LogP contribution in [0, 0.1) is 53.3 Å². The molecule has 0 saturated carbocycles. The Labute approximate surface area is 565 Å². The number of carbonyl (C=O) groups excluding carboxylic acids is 13. The highest BCUT2D eigenvalue weighted by Gasteiger charge is 2.38. The number of nitrogens with zero attached hydrogens (tertiary/aromatic N) is 2. The molecule has 31 nitrogen and oxygen atoms in total. The zero-order chi connectivity index (χ0) is 73.4. The average Bonchev–Trinajstić information content (AvgIpc) is 0.891. The van der Waals surface area contributed by atoms with Crippen LogP contribution >= 0.6 is 0 Å². The number of unbranched alkanes of at least 4 members (excludes halogenated alkanes) is 2. The molecule has 0 fully saturated rings. The van der Waals surface area contributed by atoms with E-state index in [9.17, 15) is 72.5 Å². The smallest absolute Gasteiger partial charge is 0.226 e. The van der Waals surface area contributed by atoms with Crippen LogP contribution in [0.1, 0.15) is 197 Å². The maximum absolute atomic E-state index is 14.7. The fraction of sp³-hybridized carbons (Fsp3) is 0.769. The molecule has 0 aliphatic carbocycles. The van der Waals surface area contributed by atoms with Gasteiger partial charge < -0.3 is 88.4 Å². The highest BCUT2D eigenvalue weighted by atomic mass is 16.3. The van der Waals surface area contributed by atoms with Crippen LogP contribution in [0.5, 0.6) is 0 Å². The predicted molar refractivity (Wildman–Crippen MR) is 363 cm³/mol. The third kappa shape index (κ3) is 38.3. The SMILES string of the molecule is CC(C)C[C@H](CC(=O)[C@@H](NC(=O)[C@H](CO)CC(=O)[C@H](CCCCN)NC(=O)[C@@H](CC(=O)[C@H](CC(C)C)NC(=O)[C@H](CCCCN)CC(=O)[C@H](CCCN=C(N)N)NC(=O)[C@H](CCC(N)=O)CC(=O)[C@H](CCC(N)=O)NC(=O)[C@@H](C)CCCN=C(N)N)CC(C)C)[C@@H](C)O)C(N)=O. The number of hydrogen-bond donors (Lipinski definition) is 16. The standard InChI is InChI=1S/C65H118N16O15/c1-36(2)27-43(58(70)91)32-54(88)57(40(8)83)81-63(96)45(35-82)34-52(86)46(17-10-12-24-67)79-62(95)44(28-37(3)4)33-53(87)49(29-38(5)6)80-60(93)41(16-9-11-23-66)30-50(84)47(18-14-26-76-65(73)74)78-61(94)42(19-21-55(68)89)31-51(85)48(20-22-56(69)90)77-59(92)39(7)15-13-25-75-64(71)72/h36-49,57,82-83H,9-35,66-67H2,1-8H3,(H2,68,89)(H2,69,90)(H2,70,91)(H,77,92)(H,78,94)(H,79,95)(H,80,93)(H,81,96)(H4,71,72,75)(H4,73,74,76)/t39-,40+,41+,42+,43+,44+,45-,46-,47-,48-,49-,57-/m0/s1. The van der Waals surface area contributed by atoms with Crippen LogP contribution in [-0.4, -0.2) is 167 Å². The fourth-order valence-electron chi connectivity index (χ4n) is 11.0. The van der Waals surface area contributed by atoms with Crippen LogP contribution in [0.25, 0.3) is 0 Å². The molecule has 31 heteroatoms. The van der Waals surface area contributed by atoms with Crippen molar-refractivity contribution in [3.63, 3.8) is 0 Å². The summed E-state index contributed by atoms with van der Waals surface area (Å²) in [7, 11) is 0. The van der Waals surface area contributed by atoms with Gasteiger partial charge in [-0.2, -0.15) is 0 Å². The van der Waals surface area contributed by atoms with Gasteiger partial charge in [0.25, 0.3) is 0 Å². The minimum absolute atomic E-state index is 0.00620. The first-order valence-electron chi connectivity index (χ1n) is 33.8. The number of nitrogens with one attached hydrogen (secondary N) is 5. The first-order chi connectivity index (χ1) is 45.0. The Kier molecular flexibility index (Phi) is 44.5. The van der Waals surface area contributed by atoms with Crippen molar-refractivity contribution in [2.24, 2.45) is 115 Å². The van der Waals surface area contributed by atoms with Gasteiger partial charge >= 0.3 is 0 Å². The van der Waals surface area contributed by atoms with Crippen molar-refractivity contribution in [2.45, 2.75) is 233 Å². The zero-order valence-electron chi connectivity index (χ0n) is 58.0. The number of hydrogen-bond acceptors (Lipinski definition) is 19. The lowest BCUT2D eigenvalue weighted by atomic mass is 9.86. The van der Waals surface area contributed by atoms with Gasteiger partial charge in [0.2, 0.25) is 47.3 Å². The molecule has 0 aliphatic rings. The number of rotatable bonds is 56. The number of aliphatic hydroxyl groups is 2. The maximum atomic E-state index is 14.7. The largest absolute Gasteiger partial charge is 0.396 e. The lowest BCUT2D eigenvalue weighted by molar-refractivity contribution is -0.137. The summed E-state index contributed by atoms with van der Waals surface area (Å²) in [5.74, 6) is -16.4. The average molecular weight is 1360 g/mol. The fourth-order valence-corrected chi connectivity index (χ4v) is 11.0. The molecule has 0 saturated heterocycles. The van der Waals surface area contributed by atoms with Gasteiger partial charge in [0.05, 0.1) is 42.8 Å². The van der Waals surface area contributed by atoms with E-state index in [0.29, 0.717) is 38.5 Å². The first-order valence-corrected chi connectivity index (χ1v) is 33.8. The highest BCUT2D eigenvalue weighted by molar-refractivity contribution is 5.99. The van der Waals surface area contributed by atoms with Crippen LogP contribution in [0.3, 0.4) is 0 Å². The number of guanidine groups is 2. The molecule has 0 heterocycles. The van der Waals surface area contributed by atoms with Crippen molar-refractivity contribution < 1.29 is 72.5 Å². The molecular formula is C65H118N16O15. The van der Waals surface area contributed by atoms with E-state index >= 15 is 0 Å². The molecule has 96 heavy (non-hydrogen) atoms. The van der Waals surface area contributed by atoms with Crippen molar-refractivity contribution in [1.29, 1.82) is 0 Å². The highest BCUT2D eigenvalue weighted by Crippen LogP contribution is 2.25. The summed E-state index contributed by atoms with van der Waals surface area (Å²) < 4.78 is 0. The normalized spacial score (nSPS) is 15.2. The summed E-state index contributed by atoms with van der Waals surface area (Å²) in [6.07, 6.45) is -2.00. The molecule has 0 bridgehead atoms. The first kappa shape index (κ1) is 88.5. The van der Waals surface area contributed by atoms with Gasteiger partial charge in [0.1, 0.15) is 6.04 Å². The number of nitrogens with two attached hydrogens (primary N) is 9. The number of ketones is 5. The summed E-state index contributed by atoms with van der Waals surface area (Å²) >= 11 is 0. The molecule has 25 N–H and O–H groups in total. The Hall–Kier alpha value is -7.51. The molecule has 12 atom stereocenters. The van der Waals surface area contributed by atoms with Gasteiger partial charge in [-0.1, -0.05) is 54.9 Å². The predicted octanol–water partition coefficient (Wildman–Crippen LogP) is -1.18. The molecule has 0 aromatic heterocycles. The molecule has 0 aromatic carbocycles. The van der Waals surface area contributed by atoms with E-state index in [4.69, 9.17) is 51.6 Å². The summed E-state index contributed by atoms with van der Waals surface area (Å²) in [5, 5.41) is 34.4. The Morgan fingerprint density at radius 1 is 0.375 bits per heavy atom. The van der Waals surface area contributed by atoms with Gasteiger partial charge in [-0.25, -0.2) is 0 Å². The maximum Gasteiger partial charge on any atom is 0.226 e. The lowest BCUT2D eigenvalue weighted by Crippen LogP contribution is -2.52. The van der Waals surface area contributed by atoms with Crippen LogP contribution in [-0.2, 0) is 62.3 Å². The summed E-state index contributed by atoms with van der Waals surface area (Å²) in [6, 6.07) is -6.58. The molecule has 0 radical (unpaired) electrons. The molecule has 548 valence electrons. The molecule has 0 aromatic rings. The lowest BCUT2D eigenvalue weighted by Gasteiger charge is -2.28. The minimum Gasteiger partial charge on any atom is -0.396 e. The third-order valence-electron chi connectivity index (χ3n) is 16.4. The van der Waals surface area contributed by atoms with Crippen molar-refractivity contribution in [2.75, 3.05) is 32.8 Å². The summed E-state index contributed by atoms with van der Waals surface area (Å²) in [5.41, 5.74) is 50.1. The van der Waals surface area contributed by atoms with E-state index in [1.54, 1.807) is 6.92 Å². The third-order valence-corrected chi connectivity index (χ3v) is 16.4. The van der Waals surface area contributed by atoms with Crippen LogP contribution < -0.4 is 78.2 Å². The summed E-state index contributed by atoms with van der Waals surface area (Å²) in [4.78, 5) is 186. The molecular weight excluding hydrogens is 1240 g/mol. The second-order valence-electron chi connectivity index (χ2n) is 26.7. The van der Waals surface area contributed by atoms with Gasteiger partial charge in [-0.15, -0.1) is 0 Å². The van der Waals surface area contributed by atoms with Gasteiger partial charge in [-0.05, 0) is 128 Å². The van der Waals surface area contributed by atoms with Crippen molar-refractivity contribution in [3.8, 4) is 0 Å². The Morgan fingerprint density at radius 3 is 1.19 bits per heavy atom. The van der Waals surface area contributed by atoms with E-state index < -0.39 is 180 Å². The van der Waals surface area contributed by atoms with Crippen molar-refractivity contribution in [3.05, 3.63) is 0 Å². The minimum atomic E-state index is -1.51. The van der Waals surface area contributed by atoms with Crippen molar-refractivity contribution in [1.82, 2.24) is 26.6 Å². The summed E-state index contributed by atoms with van der Waals surface area (Å²) in [6.45, 7) is 13.7. The van der Waals surface area contributed by atoms with E-state index in [0.717, 1.165) is 0 Å². The topological polar surface area (TPSA) is 581 Å². The van der Waals surface area contributed by atoms with Crippen LogP contribution in [0.4, 0.5) is 0 Å². The number of amides is 8. The number of aliphatic hydroxyl groups excluding tert-OH is 2. The number of primary amides is 3. The Bertz CT molecular complexity index is 2580. The molecule has 0 aliphatic heterocycles. The second kappa shape index (κ2) is 48.2. The van der Waals surface area contributed by atoms with E-state index in [1.807, 2.05) is 41.5 Å². The van der Waals surface area contributed by atoms with Crippen LogP contribution in [0.2, 0.25) is 0 Å². The van der Waals surface area contributed by atoms with Crippen molar-refractivity contribution >= 4 is 88.1 Å². The molecule has 8 amide bonds. The number of Topliss-reactive ketones (excluding diaryl/α,β-unsaturated/α-hetero) is 5. The monoisotopic (exact) mass is 1360 g/mol. The molecule has 0 spiro atoms. The zero-order valence-corrected chi connectivity index (χ0v) is 58.0. The number of aliphatic imine (C=N–C) groups is 2. The Balaban J connectivity index is 7.13. The van der Waals surface area contributed by atoms with E-state index in [2.05, 4.69) is 36.6 Å². The molecule has 0 unspecified atom stereocenters. The van der Waals surface area contributed by atoms with Gasteiger partial charge in [0.15, 0.2) is 40.8 Å². The van der Waals surface area contributed by atoms with E-state index in [-0.39, 0.29) is 133 Å². The van der Waals surface area contributed by atoms with E-state index in [1.165, 1.54) is 6.92 Å². The Morgan fingerprint density at radius 2 is 0.740 bits per heavy atom. The second-order valence-corrected chi connectivity index (χ2v) is 26.7. The number of carbonyl (C=O) groups is 13. The van der Waals surface area contributed by atoms with Gasteiger partial charge in [0, 0.05) is 87.6 Å².